The van der Waals surface area contributed by atoms with Gasteiger partial charge >= 0.3 is 5.97 Å². The molecule has 0 spiro atoms. The van der Waals surface area contributed by atoms with Crippen LogP contribution in [-0.2, 0) is 4.74 Å². The first-order valence-corrected chi connectivity index (χ1v) is 6.36. The third-order valence-corrected chi connectivity index (χ3v) is 3.16. The van der Waals surface area contributed by atoms with Crippen molar-refractivity contribution in [3.63, 3.8) is 0 Å². The first-order valence-electron chi connectivity index (χ1n) is 5.54. The summed E-state index contributed by atoms with van der Waals surface area (Å²) in [4.78, 5) is 21.0. The number of rotatable bonds is 2. The molecular weight excluding hydrogens is 264 g/mol. The van der Waals surface area contributed by atoms with Gasteiger partial charge in [0.15, 0.2) is 0 Å². The maximum Gasteiger partial charge on any atom is 0.350 e. The Morgan fingerprint density at radius 1 is 1.63 bits per heavy atom. The predicted molar refractivity (Wildman–Crippen MR) is 73.8 cm³/mol. The third-order valence-electron chi connectivity index (χ3n) is 2.07. The van der Waals surface area contributed by atoms with Crippen molar-refractivity contribution in [1.82, 2.24) is 9.97 Å². The number of aromatic nitrogens is 2. The molecule has 0 aliphatic heterocycles. The zero-order chi connectivity index (χ0) is 14.4. The highest BCUT2D eigenvalue weighted by Gasteiger charge is 2.18. The number of aryl methyl sites for hydroxylation is 1. The fraction of sp³-hybridized carbons (Fsp3) is 0.333. The molecule has 2 N–H and O–H groups in total. The molecule has 19 heavy (non-hydrogen) atoms. The Morgan fingerprint density at radius 2 is 2.26 bits per heavy atom. The molecule has 100 valence electrons. The maximum absolute atomic E-state index is 11.6. The van der Waals surface area contributed by atoms with Gasteiger partial charge in [0.05, 0.1) is 23.7 Å². The van der Waals surface area contributed by atoms with Gasteiger partial charge in [0.25, 0.3) is 0 Å². The summed E-state index contributed by atoms with van der Waals surface area (Å²) in [5.41, 5.74) is 6.25. The number of carbonyl (C=O) groups excluding carboxylic acids is 1. The van der Waals surface area contributed by atoms with Crippen molar-refractivity contribution < 1.29 is 9.53 Å². The van der Waals surface area contributed by atoms with Crippen LogP contribution < -0.4 is 5.73 Å². The average molecular weight is 278 g/mol. The number of esters is 1. The highest BCUT2D eigenvalue weighted by molar-refractivity contribution is 7.21. The van der Waals surface area contributed by atoms with E-state index in [0.717, 1.165) is 0 Å². The van der Waals surface area contributed by atoms with Crippen LogP contribution in [0.25, 0.3) is 10.2 Å². The van der Waals surface area contributed by atoms with Gasteiger partial charge in [-0.2, -0.15) is 5.26 Å². The number of nitrogens with two attached hydrogens (primary N) is 1. The zero-order valence-corrected chi connectivity index (χ0v) is 11.7. The minimum atomic E-state index is -0.402. The molecule has 0 aliphatic carbocycles. The van der Waals surface area contributed by atoms with Gasteiger partial charge in [-0.25, -0.2) is 14.8 Å². The van der Waals surface area contributed by atoms with E-state index in [2.05, 4.69) is 9.97 Å². The number of hydrogen-bond donors (Lipinski definition) is 1. The van der Waals surface area contributed by atoms with E-state index in [9.17, 15) is 4.79 Å². The van der Waals surface area contributed by atoms with E-state index in [0.29, 0.717) is 33.2 Å². The smallest absolute Gasteiger partial charge is 0.350 e. The minimum absolute atomic E-state index is 0.331. The van der Waals surface area contributed by atoms with Crippen LogP contribution in [0.5, 0.6) is 0 Å². The number of ether oxygens (including phenoxy) is 1. The minimum Gasteiger partial charge on any atom is -0.462 e. The molecule has 2 aromatic rings. The number of carbonyl (C=O) groups is 1. The molecule has 6 nitrogen and oxygen atoms in total. The fourth-order valence-corrected chi connectivity index (χ4v) is 2.34. The maximum atomic E-state index is 11.6. The molecule has 0 radical (unpaired) electrons. The van der Waals surface area contributed by atoms with Gasteiger partial charge in [-0.05, 0) is 13.8 Å². The Balaban J connectivity index is 0.000000550. The van der Waals surface area contributed by atoms with Crippen LogP contribution in [0, 0.1) is 18.3 Å². The number of fused-ring (bicyclic) bond motifs is 1. The Labute approximate surface area is 114 Å². The van der Waals surface area contributed by atoms with Crippen molar-refractivity contribution in [3.8, 4) is 6.07 Å². The molecule has 0 bridgehead atoms. The molecule has 0 atom stereocenters. The zero-order valence-electron chi connectivity index (χ0n) is 10.9. The molecule has 2 aromatic heterocycles. The SMILES string of the molecule is CC#N.CCOC(=O)c1sc2nc(C)ncc2c1N. The van der Waals surface area contributed by atoms with Crippen LogP contribution in [0.1, 0.15) is 29.3 Å². The highest BCUT2D eigenvalue weighted by Crippen LogP contribution is 2.32. The first kappa shape index (κ1) is 14.9. The second-order valence-corrected chi connectivity index (χ2v) is 4.42. The van der Waals surface area contributed by atoms with Gasteiger partial charge in [0.2, 0.25) is 0 Å². The van der Waals surface area contributed by atoms with Crippen LogP contribution in [0.3, 0.4) is 0 Å². The van der Waals surface area contributed by atoms with E-state index in [4.69, 9.17) is 15.7 Å². The summed E-state index contributed by atoms with van der Waals surface area (Å²) in [6, 6.07) is 1.75. The molecule has 0 unspecified atom stereocenters. The summed E-state index contributed by atoms with van der Waals surface area (Å²) in [6.45, 7) is 5.31. The lowest BCUT2D eigenvalue weighted by molar-refractivity contribution is 0.0533. The largest absolute Gasteiger partial charge is 0.462 e. The summed E-state index contributed by atoms with van der Waals surface area (Å²) >= 11 is 1.24. The number of hydrogen-bond acceptors (Lipinski definition) is 7. The summed E-state index contributed by atoms with van der Waals surface area (Å²) in [5, 5.41) is 8.03. The normalized spacial score (nSPS) is 9.37. The molecule has 7 heteroatoms. The molecular formula is C12H14N4O2S. The van der Waals surface area contributed by atoms with Crippen molar-refractivity contribution in [2.75, 3.05) is 12.3 Å². The summed E-state index contributed by atoms with van der Waals surface area (Å²) in [5.74, 6) is 0.254. The van der Waals surface area contributed by atoms with Gasteiger partial charge < -0.3 is 10.5 Å². The van der Waals surface area contributed by atoms with E-state index in [1.807, 2.05) is 0 Å². The second-order valence-electron chi connectivity index (χ2n) is 3.42. The third kappa shape index (κ3) is 3.39. The van der Waals surface area contributed by atoms with E-state index in [-0.39, 0.29) is 0 Å². The quantitative estimate of drug-likeness (QED) is 0.845. The lowest BCUT2D eigenvalue weighted by Crippen LogP contribution is -2.04. The van der Waals surface area contributed by atoms with Crippen molar-refractivity contribution >= 4 is 33.2 Å². The molecule has 0 aromatic carbocycles. The van der Waals surface area contributed by atoms with Crippen molar-refractivity contribution in [2.45, 2.75) is 20.8 Å². The molecule has 0 fully saturated rings. The predicted octanol–water partition coefficient (Wildman–Crippen LogP) is 2.29. The van der Waals surface area contributed by atoms with Crippen LogP contribution in [0.4, 0.5) is 5.69 Å². The molecule has 2 rings (SSSR count). The van der Waals surface area contributed by atoms with Gasteiger partial charge in [-0.3, -0.25) is 0 Å². The molecule has 0 aliphatic rings. The fourth-order valence-electron chi connectivity index (χ4n) is 1.33. The van der Waals surface area contributed by atoms with Crippen LogP contribution in [0.15, 0.2) is 6.20 Å². The first-order chi connectivity index (χ1) is 9.04. The number of nitrogens with zero attached hydrogens (tertiary/aromatic N) is 3. The molecule has 2 heterocycles. The van der Waals surface area contributed by atoms with Crippen molar-refractivity contribution in [3.05, 3.63) is 16.9 Å². The Morgan fingerprint density at radius 3 is 2.84 bits per heavy atom. The number of nitriles is 1. The number of thiophene rings is 1. The van der Waals surface area contributed by atoms with E-state index < -0.39 is 5.97 Å². The standard InChI is InChI=1S/C10H11N3O2S.C2H3N/c1-3-15-10(14)8-7(11)6-4-12-5(2)13-9(6)16-8;1-2-3/h4H,3,11H2,1-2H3;1H3. The van der Waals surface area contributed by atoms with Crippen molar-refractivity contribution in [2.24, 2.45) is 0 Å². The highest BCUT2D eigenvalue weighted by atomic mass is 32.1. The Kier molecular flexibility index (Phi) is 5.21. The summed E-state index contributed by atoms with van der Waals surface area (Å²) in [7, 11) is 0. The lowest BCUT2D eigenvalue weighted by Gasteiger charge is -1.98. The molecule has 0 amide bonds. The second kappa shape index (κ2) is 6.66. The van der Waals surface area contributed by atoms with Crippen LogP contribution in [0.2, 0.25) is 0 Å². The van der Waals surface area contributed by atoms with Crippen molar-refractivity contribution in [1.29, 1.82) is 5.26 Å². The van der Waals surface area contributed by atoms with Crippen LogP contribution in [-0.4, -0.2) is 22.5 Å². The van der Waals surface area contributed by atoms with Gasteiger partial charge in [0, 0.05) is 13.1 Å². The Hall–Kier alpha value is -2.20. The number of nitrogen functional groups attached to an aromatic ring is 1. The molecule has 0 saturated heterocycles. The summed E-state index contributed by atoms with van der Waals surface area (Å²) < 4.78 is 4.91. The van der Waals surface area contributed by atoms with Gasteiger partial charge in [-0.1, -0.05) is 0 Å². The van der Waals surface area contributed by atoms with Gasteiger partial charge in [0.1, 0.15) is 15.5 Å². The van der Waals surface area contributed by atoms with E-state index in [1.54, 1.807) is 26.1 Å². The Bertz CT molecular complexity index is 630. The summed E-state index contributed by atoms with van der Waals surface area (Å²) in [6.07, 6.45) is 1.63. The van der Waals surface area contributed by atoms with Crippen LogP contribution >= 0.6 is 11.3 Å². The van der Waals surface area contributed by atoms with Gasteiger partial charge in [-0.15, -0.1) is 11.3 Å². The topological polar surface area (TPSA) is 102 Å². The van der Waals surface area contributed by atoms with E-state index in [1.165, 1.54) is 18.3 Å². The van der Waals surface area contributed by atoms with E-state index >= 15 is 0 Å². The number of anilines is 1. The lowest BCUT2D eigenvalue weighted by atomic mass is 10.3. The average Bonchev–Trinajstić information content (AvgIpc) is 2.67. The monoisotopic (exact) mass is 278 g/mol. The molecule has 0 saturated carbocycles.